The SMILES string of the molecule is CC(=O)O[C@@H]1[C@H](OC(C)=O)[C@H]2C=C[C@@H]([C@H]1[Si](C)(C)c1ccccc1)N(C(=O)OC(C)(C)C)O2. The van der Waals surface area contributed by atoms with Crippen LogP contribution in [0.25, 0.3) is 0 Å². The maximum atomic E-state index is 13.2. The van der Waals surface area contributed by atoms with E-state index in [1.165, 1.54) is 18.9 Å². The second-order valence-electron chi connectivity index (χ2n) is 10.0. The second kappa shape index (κ2) is 9.30. The summed E-state index contributed by atoms with van der Waals surface area (Å²) in [5, 5.41) is 2.33. The smallest absolute Gasteiger partial charge is 0.435 e. The topological polar surface area (TPSA) is 91.4 Å². The van der Waals surface area contributed by atoms with Crippen molar-refractivity contribution in [2.45, 2.75) is 83.2 Å². The summed E-state index contributed by atoms with van der Waals surface area (Å²) in [5.41, 5.74) is -1.12. The molecule has 33 heavy (non-hydrogen) atoms. The molecule has 1 aromatic carbocycles. The van der Waals surface area contributed by atoms with Gasteiger partial charge in [0, 0.05) is 19.4 Å². The van der Waals surface area contributed by atoms with Gasteiger partial charge >= 0.3 is 18.0 Å². The van der Waals surface area contributed by atoms with Crippen LogP contribution in [0.1, 0.15) is 34.6 Å². The molecule has 1 fully saturated rings. The Morgan fingerprint density at radius 1 is 0.939 bits per heavy atom. The summed E-state index contributed by atoms with van der Waals surface area (Å²) in [7, 11) is -2.49. The number of hydrogen-bond donors (Lipinski definition) is 0. The second-order valence-corrected chi connectivity index (χ2v) is 14.7. The standard InChI is InChI=1S/C24H33NO7Si/c1-15(26)29-20-19-14-13-18(25(32-19)23(28)31-24(3,4)5)22(21(20)30-16(2)27)33(6,7)17-11-9-8-10-12-17/h8-14,18-22H,1-7H3/t18-,19+,20+,21+,22+/m0/s1. The average Bonchev–Trinajstić information content (AvgIpc) is 2.91. The molecule has 8 nitrogen and oxygen atoms in total. The monoisotopic (exact) mass is 475 g/mol. The molecular weight excluding hydrogens is 442 g/mol. The molecule has 1 aromatic rings. The summed E-state index contributed by atoms with van der Waals surface area (Å²) in [4.78, 5) is 43.4. The third-order valence-electron chi connectivity index (χ3n) is 5.90. The van der Waals surface area contributed by atoms with Gasteiger partial charge in [-0.2, -0.15) is 5.06 Å². The molecule has 0 spiro atoms. The minimum Gasteiger partial charge on any atom is -0.458 e. The van der Waals surface area contributed by atoms with Crippen LogP contribution < -0.4 is 5.19 Å². The number of esters is 2. The first-order chi connectivity index (χ1) is 15.3. The van der Waals surface area contributed by atoms with Crippen LogP contribution >= 0.6 is 0 Å². The Balaban J connectivity index is 2.16. The van der Waals surface area contributed by atoms with E-state index in [4.69, 9.17) is 19.0 Å². The Bertz CT molecular complexity index is 924. The van der Waals surface area contributed by atoms with Crippen molar-refractivity contribution in [3.63, 3.8) is 0 Å². The van der Waals surface area contributed by atoms with E-state index >= 15 is 0 Å². The fourth-order valence-corrected chi connectivity index (χ4v) is 8.20. The van der Waals surface area contributed by atoms with Gasteiger partial charge in [0.2, 0.25) is 0 Å². The predicted octanol–water partition coefficient (Wildman–Crippen LogP) is 3.32. The molecule has 1 aliphatic carbocycles. The highest BCUT2D eigenvalue weighted by Crippen LogP contribution is 2.44. The van der Waals surface area contributed by atoms with Crippen LogP contribution in [0.5, 0.6) is 0 Å². The van der Waals surface area contributed by atoms with Gasteiger partial charge in [-0.15, -0.1) is 0 Å². The van der Waals surface area contributed by atoms with E-state index in [1.807, 2.05) is 36.4 Å². The van der Waals surface area contributed by atoms with Gasteiger partial charge in [0.25, 0.3) is 0 Å². The molecule has 2 heterocycles. The Morgan fingerprint density at radius 2 is 1.52 bits per heavy atom. The lowest BCUT2D eigenvalue weighted by molar-refractivity contribution is -0.209. The summed E-state index contributed by atoms with van der Waals surface area (Å²) < 4.78 is 17.1. The summed E-state index contributed by atoms with van der Waals surface area (Å²) in [6, 6.07) is 9.35. The Morgan fingerprint density at radius 3 is 2.06 bits per heavy atom. The van der Waals surface area contributed by atoms with Crippen molar-refractivity contribution < 1.29 is 33.4 Å². The van der Waals surface area contributed by atoms with Crippen LogP contribution in [-0.2, 0) is 28.6 Å². The van der Waals surface area contributed by atoms with Gasteiger partial charge in [-0.25, -0.2) is 4.79 Å². The molecule has 1 amide bonds. The van der Waals surface area contributed by atoms with E-state index in [1.54, 1.807) is 26.8 Å². The van der Waals surface area contributed by atoms with E-state index in [-0.39, 0.29) is 5.54 Å². The Hall–Kier alpha value is -2.65. The van der Waals surface area contributed by atoms with Gasteiger partial charge in [-0.05, 0) is 20.8 Å². The zero-order valence-electron chi connectivity index (χ0n) is 20.2. The van der Waals surface area contributed by atoms with Crippen molar-refractivity contribution in [2.24, 2.45) is 0 Å². The number of hydroxylamine groups is 2. The summed E-state index contributed by atoms with van der Waals surface area (Å²) in [5.74, 6) is -1.02. The fraction of sp³-hybridized carbons (Fsp3) is 0.542. The molecule has 0 aromatic heterocycles. The van der Waals surface area contributed by atoms with Crippen LogP contribution in [0.3, 0.4) is 0 Å². The number of nitrogens with zero attached hydrogens (tertiary/aromatic N) is 1. The molecule has 180 valence electrons. The van der Waals surface area contributed by atoms with E-state index < -0.39 is 56.1 Å². The van der Waals surface area contributed by atoms with Crippen LogP contribution in [0.2, 0.25) is 18.6 Å². The van der Waals surface area contributed by atoms with Crippen LogP contribution in [0.4, 0.5) is 4.79 Å². The Labute approximate surface area is 195 Å². The number of rotatable bonds is 4. The minimum absolute atomic E-state index is 0.385. The van der Waals surface area contributed by atoms with Crippen LogP contribution in [0.15, 0.2) is 42.5 Å². The number of amides is 1. The molecule has 0 unspecified atom stereocenters. The molecule has 0 N–H and O–H groups in total. The normalized spacial score (nSPS) is 27.0. The van der Waals surface area contributed by atoms with E-state index in [0.29, 0.717) is 0 Å². The number of hydrogen-bond acceptors (Lipinski definition) is 7. The molecule has 4 rings (SSSR count). The maximum absolute atomic E-state index is 13.2. The largest absolute Gasteiger partial charge is 0.458 e. The summed E-state index contributed by atoms with van der Waals surface area (Å²) in [6.45, 7) is 12.3. The van der Waals surface area contributed by atoms with Crippen molar-refractivity contribution in [3.05, 3.63) is 42.5 Å². The van der Waals surface area contributed by atoms with Crippen LogP contribution in [0, 0.1) is 0 Å². The minimum atomic E-state index is -2.49. The van der Waals surface area contributed by atoms with E-state index in [0.717, 1.165) is 5.19 Å². The van der Waals surface area contributed by atoms with E-state index in [9.17, 15) is 14.4 Å². The lowest BCUT2D eigenvalue weighted by atomic mass is 10.0. The van der Waals surface area contributed by atoms with Crippen molar-refractivity contribution >= 4 is 31.3 Å². The molecular formula is C24H33NO7Si. The zero-order valence-corrected chi connectivity index (χ0v) is 21.2. The molecule has 1 saturated heterocycles. The van der Waals surface area contributed by atoms with Gasteiger partial charge < -0.3 is 14.2 Å². The van der Waals surface area contributed by atoms with Crippen LogP contribution in [-0.4, -0.2) is 61.1 Å². The molecule has 0 saturated carbocycles. The number of fused-ring (bicyclic) bond motifs is 3. The molecule has 2 bridgehead atoms. The predicted molar refractivity (Wildman–Crippen MR) is 124 cm³/mol. The van der Waals surface area contributed by atoms with Crippen molar-refractivity contribution in [1.29, 1.82) is 0 Å². The number of carbonyl (C=O) groups is 3. The fourth-order valence-electron chi connectivity index (χ4n) is 4.59. The van der Waals surface area contributed by atoms with Gasteiger partial charge in [0.15, 0.2) is 6.10 Å². The highest BCUT2D eigenvalue weighted by Gasteiger charge is 2.58. The highest BCUT2D eigenvalue weighted by molar-refractivity contribution is 6.91. The van der Waals surface area contributed by atoms with E-state index in [2.05, 4.69) is 13.1 Å². The first kappa shape index (κ1) is 25.0. The first-order valence-electron chi connectivity index (χ1n) is 11.1. The number of benzene rings is 1. The number of carbonyl (C=O) groups excluding carboxylic acids is 3. The Kier molecular flexibility index (Phi) is 7.04. The third-order valence-corrected chi connectivity index (χ3v) is 10.1. The first-order valence-corrected chi connectivity index (χ1v) is 14.2. The van der Waals surface area contributed by atoms with Gasteiger partial charge in [-0.1, -0.05) is 60.8 Å². The molecule has 0 radical (unpaired) electrons. The summed E-state index contributed by atoms with van der Waals surface area (Å²) >= 11 is 0. The quantitative estimate of drug-likeness (QED) is 0.285. The van der Waals surface area contributed by atoms with Crippen molar-refractivity contribution in [3.8, 4) is 0 Å². The maximum Gasteiger partial charge on any atom is 0.435 e. The average molecular weight is 476 g/mol. The number of ether oxygens (including phenoxy) is 3. The van der Waals surface area contributed by atoms with Gasteiger partial charge in [0.1, 0.15) is 17.8 Å². The van der Waals surface area contributed by atoms with Crippen molar-refractivity contribution in [2.75, 3.05) is 0 Å². The highest BCUT2D eigenvalue weighted by atomic mass is 28.3. The lowest BCUT2D eigenvalue weighted by Crippen LogP contribution is -2.59. The van der Waals surface area contributed by atoms with Crippen molar-refractivity contribution in [1.82, 2.24) is 5.06 Å². The molecule has 5 atom stereocenters. The molecule has 2 aliphatic heterocycles. The molecule has 3 aliphatic rings. The van der Waals surface area contributed by atoms with Gasteiger partial charge in [0.05, 0.1) is 14.1 Å². The lowest BCUT2D eigenvalue weighted by Gasteiger charge is -2.43. The molecule has 9 heteroatoms. The third kappa shape index (κ3) is 5.47. The summed E-state index contributed by atoms with van der Waals surface area (Å²) in [6.07, 6.45) is 0.458. The zero-order chi connectivity index (χ0) is 24.6. The van der Waals surface area contributed by atoms with Gasteiger partial charge in [-0.3, -0.25) is 14.4 Å².